The van der Waals surface area contributed by atoms with Crippen molar-refractivity contribution in [2.45, 2.75) is 44.9 Å². The van der Waals surface area contributed by atoms with Crippen LogP contribution in [0.15, 0.2) is 29.3 Å². The summed E-state index contributed by atoms with van der Waals surface area (Å²) in [7, 11) is 3.58. The van der Waals surface area contributed by atoms with E-state index in [2.05, 4.69) is 20.4 Å². The first kappa shape index (κ1) is 23.4. The quantitative estimate of drug-likeness (QED) is 0.239. The van der Waals surface area contributed by atoms with Crippen LogP contribution in [0.1, 0.15) is 31.2 Å². The number of nitrogens with one attached hydrogen (secondary N) is 2. The second-order valence-electron chi connectivity index (χ2n) is 6.30. The van der Waals surface area contributed by atoms with Crippen LogP contribution in [-0.4, -0.2) is 50.1 Å². The molecule has 0 saturated heterocycles. The highest BCUT2D eigenvalue weighted by Gasteiger charge is 2.22. The number of hydrogen-bond acceptors (Lipinski definition) is 3. The minimum absolute atomic E-state index is 0. The Kier molecular flexibility index (Phi) is 10.3. The first-order valence-electron chi connectivity index (χ1n) is 8.73. The summed E-state index contributed by atoms with van der Waals surface area (Å²) in [5.41, 5.74) is 0.945. The minimum Gasteiger partial charge on any atom is -0.435 e. The van der Waals surface area contributed by atoms with E-state index < -0.39 is 6.61 Å². The van der Waals surface area contributed by atoms with Crippen LogP contribution >= 0.6 is 24.0 Å². The van der Waals surface area contributed by atoms with Crippen molar-refractivity contribution in [2.24, 2.45) is 4.99 Å². The highest BCUT2D eigenvalue weighted by Crippen LogP contribution is 2.18. The molecule has 1 aliphatic rings. The molecule has 0 aliphatic heterocycles. The van der Waals surface area contributed by atoms with Gasteiger partial charge in [0.15, 0.2) is 5.96 Å². The van der Waals surface area contributed by atoms with Crippen molar-refractivity contribution >= 4 is 35.8 Å². The van der Waals surface area contributed by atoms with Gasteiger partial charge in [-0.25, -0.2) is 0 Å². The number of hydrogen-bond donors (Lipinski definition) is 2. The van der Waals surface area contributed by atoms with Gasteiger partial charge in [-0.15, -0.1) is 24.0 Å². The molecule has 1 saturated carbocycles. The van der Waals surface area contributed by atoms with Gasteiger partial charge in [0.1, 0.15) is 5.75 Å². The number of halogens is 3. The Morgan fingerprint density at radius 2 is 2.00 bits per heavy atom. The third-order valence-corrected chi connectivity index (χ3v) is 3.95. The zero-order valence-corrected chi connectivity index (χ0v) is 17.9. The van der Waals surface area contributed by atoms with Gasteiger partial charge >= 0.3 is 6.61 Å². The lowest BCUT2D eigenvalue weighted by Crippen LogP contribution is -2.39. The van der Waals surface area contributed by atoms with Crippen molar-refractivity contribution in [3.63, 3.8) is 0 Å². The molecule has 6 nitrogen and oxygen atoms in total. The highest BCUT2D eigenvalue weighted by molar-refractivity contribution is 14.0. The maximum Gasteiger partial charge on any atom is 0.387 e. The van der Waals surface area contributed by atoms with Crippen molar-refractivity contribution in [3.05, 3.63) is 29.8 Å². The standard InChI is InChI=1S/C18H26F2N4O2.HI/c1-21-18(22-11-3-4-16(25)23-14-7-8-14)24(2)12-13-5-9-15(10-6-13)26-17(19)20;/h5-6,9-10,14,17H,3-4,7-8,11-12H2,1-2H3,(H,21,22)(H,23,25);1H. The summed E-state index contributed by atoms with van der Waals surface area (Å²) in [6.07, 6.45) is 3.41. The maximum absolute atomic E-state index is 12.2. The molecule has 0 unspecified atom stereocenters. The molecule has 0 aromatic heterocycles. The number of carbonyl (C=O) groups is 1. The van der Waals surface area contributed by atoms with Gasteiger partial charge in [0.05, 0.1) is 0 Å². The topological polar surface area (TPSA) is 66.0 Å². The molecule has 1 aliphatic carbocycles. The molecule has 1 fully saturated rings. The zero-order chi connectivity index (χ0) is 18.9. The monoisotopic (exact) mass is 496 g/mol. The molecule has 2 N–H and O–H groups in total. The fraction of sp³-hybridized carbons (Fsp3) is 0.556. The van der Waals surface area contributed by atoms with E-state index in [0.717, 1.165) is 24.8 Å². The van der Waals surface area contributed by atoms with Crippen LogP contribution in [0.4, 0.5) is 8.78 Å². The zero-order valence-electron chi connectivity index (χ0n) is 15.6. The largest absolute Gasteiger partial charge is 0.435 e. The molecule has 2 rings (SSSR count). The lowest BCUT2D eigenvalue weighted by Gasteiger charge is -2.22. The predicted molar refractivity (Wildman–Crippen MR) is 112 cm³/mol. The van der Waals surface area contributed by atoms with Gasteiger partial charge in [-0.05, 0) is 37.0 Å². The van der Waals surface area contributed by atoms with E-state index in [1.54, 1.807) is 19.2 Å². The Labute approximate surface area is 175 Å². The first-order valence-corrected chi connectivity index (χ1v) is 8.73. The fourth-order valence-electron chi connectivity index (χ4n) is 2.49. The number of benzene rings is 1. The Hall–Kier alpha value is -1.65. The summed E-state index contributed by atoms with van der Waals surface area (Å²) in [6.45, 7) is -1.61. The number of nitrogens with zero attached hydrogens (tertiary/aromatic N) is 2. The summed E-state index contributed by atoms with van der Waals surface area (Å²) in [6, 6.07) is 6.91. The molecule has 0 spiro atoms. The smallest absolute Gasteiger partial charge is 0.387 e. The van der Waals surface area contributed by atoms with Gasteiger partial charge in [0.2, 0.25) is 5.91 Å². The number of carbonyl (C=O) groups excluding carboxylic acids is 1. The van der Waals surface area contributed by atoms with E-state index in [4.69, 9.17) is 0 Å². The Morgan fingerprint density at radius 3 is 2.56 bits per heavy atom. The average Bonchev–Trinajstić information content (AvgIpc) is 3.40. The van der Waals surface area contributed by atoms with Gasteiger partial charge in [0.25, 0.3) is 0 Å². The van der Waals surface area contributed by atoms with E-state index in [1.165, 1.54) is 12.1 Å². The Morgan fingerprint density at radius 1 is 1.33 bits per heavy atom. The van der Waals surface area contributed by atoms with E-state index >= 15 is 0 Å². The van der Waals surface area contributed by atoms with Gasteiger partial charge in [0, 0.05) is 39.6 Å². The van der Waals surface area contributed by atoms with Crippen molar-refractivity contribution in [3.8, 4) is 5.75 Å². The number of guanidine groups is 1. The number of alkyl halides is 2. The van der Waals surface area contributed by atoms with Crippen molar-refractivity contribution in [2.75, 3.05) is 20.6 Å². The summed E-state index contributed by atoms with van der Waals surface area (Å²) in [5, 5.41) is 6.19. The van der Waals surface area contributed by atoms with Gasteiger partial charge in [-0.2, -0.15) is 8.78 Å². The van der Waals surface area contributed by atoms with Gasteiger partial charge in [-0.1, -0.05) is 12.1 Å². The SMILES string of the molecule is CN=C(NCCCC(=O)NC1CC1)N(C)Cc1ccc(OC(F)F)cc1.I. The van der Waals surface area contributed by atoms with Gasteiger partial charge in [-0.3, -0.25) is 9.79 Å². The first-order chi connectivity index (χ1) is 12.5. The second kappa shape index (κ2) is 11.9. The number of amides is 1. The summed E-state index contributed by atoms with van der Waals surface area (Å²) in [5.74, 6) is 0.947. The number of ether oxygens (including phenoxy) is 1. The average molecular weight is 496 g/mol. The van der Waals surface area contributed by atoms with Crippen LogP contribution < -0.4 is 15.4 Å². The second-order valence-corrected chi connectivity index (χ2v) is 6.30. The van der Waals surface area contributed by atoms with Crippen molar-refractivity contribution in [1.82, 2.24) is 15.5 Å². The Balaban J connectivity index is 0.00000364. The molecule has 27 heavy (non-hydrogen) atoms. The van der Waals surface area contributed by atoms with Crippen molar-refractivity contribution < 1.29 is 18.3 Å². The predicted octanol–water partition coefficient (Wildman–Crippen LogP) is 2.97. The van der Waals surface area contributed by atoms with Crippen LogP contribution in [0.25, 0.3) is 0 Å². The molecule has 9 heteroatoms. The van der Waals surface area contributed by atoms with Crippen LogP contribution in [-0.2, 0) is 11.3 Å². The Bertz CT molecular complexity index is 610. The van der Waals surface area contributed by atoms with Crippen LogP contribution in [0, 0.1) is 0 Å². The summed E-state index contributed by atoms with van der Waals surface area (Å²) < 4.78 is 28.7. The molecule has 0 heterocycles. The summed E-state index contributed by atoms with van der Waals surface area (Å²) in [4.78, 5) is 17.8. The lowest BCUT2D eigenvalue weighted by atomic mass is 10.2. The molecular weight excluding hydrogens is 469 g/mol. The van der Waals surface area contributed by atoms with Crippen molar-refractivity contribution in [1.29, 1.82) is 0 Å². The third kappa shape index (κ3) is 9.21. The molecule has 1 aromatic carbocycles. The molecule has 0 radical (unpaired) electrons. The number of aliphatic imine (C=N–C) groups is 1. The van der Waals surface area contributed by atoms with E-state index in [-0.39, 0.29) is 35.6 Å². The van der Waals surface area contributed by atoms with Crippen LogP contribution in [0.3, 0.4) is 0 Å². The highest BCUT2D eigenvalue weighted by atomic mass is 127. The minimum atomic E-state index is -2.82. The summed E-state index contributed by atoms with van der Waals surface area (Å²) >= 11 is 0. The normalized spacial score (nSPS) is 13.7. The number of rotatable bonds is 9. The van der Waals surface area contributed by atoms with E-state index in [1.807, 2.05) is 11.9 Å². The maximum atomic E-state index is 12.2. The molecular formula is C18H27F2IN4O2. The molecule has 0 atom stereocenters. The van der Waals surface area contributed by atoms with Crippen LogP contribution in [0.5, 0.6) is 5.75 Å². The van der Waals surface area contributed by atoms with E-state index in [0.29, 0.717) is 31.5 Å². The van der Waals surface area contributed by atoms with Gasteiger partial charge < -0.3 is 20.3 Å². The van der Waals surface area contributed by atoms with E-state index in [9.17, 15) is 13.6 Å². The fourth-order valence-corrected chi connectivity index (χ4v) is 2.49. The molecule has 0 bridgehead atoms. The third-order valence-electron chi connectivity index (χ3n) is 3.95. The van der Waals surface area contributed by atoms with Crippen LogP contribution in [0.2, 0.25) is 0 Å². The molecule has 1 amide bonds. The molecule has 1 aromatic rings. The molecule has 152 valence electrons. The lowest BCUT2D eigenvalue weighted by molar-refractivity contribution is -0.121.